The summed E-state index contributed by atoms with van der Waals surface area (Å²) in [4.78, 5) is 53.8. The van der Waals surface area contributed by atoms with Gasteiger partial charge in [-0.25, -0.2) is 0 Å². The van der Waals surface area contributed by atoms with E-state index in [4.69, 9.17) is 21.1 Å². The highest BCUT2D eigenvalue weighted by molar-refractivity contribution is 6.31. The molecule has 0 spiro atoms. The quantitative estimate of drug-likeness (QED) is 0.353. The van der Waals surface area contributed by atoms with Crippen molar-refractivity contribution in [3.05, 3.63) is 47.5 Å². The molecule has 0 unspecified atom stereocenters. The molecule has 3 atom stereocenters. The first-order valence-electron chi connectivity index (χ1n) is 11.7. The molecule has 5 rings (SSSR count). The molecule has 182 valence electrons. The smallest absolute Gasteiger partial charge is 0.316 e. The molecule has 0 bridgehead atoms. The summed E-state index contributed by atoms with van der Waals surface area (Å²) in [5.41, 5.74) is 0.981. The average Bonchev–Trinajstić information content (AvgIpc) is 3.37. The molecule has 2 aromatic carbocycles. The minimum Gasteiger partial charge on any atom is -0.495 e. The van der Waals surface area contributed by atoms with Crippen LogP contribution in [0.3, 0.4) is 0 Å². The number of methoxy groups -OCH3 is 1. The summed E-state index contributed by atoms with van der Waals surface area (Å²) in [6, 6.07) is 11.3. The van der Waals surface area contributed by atoms with Gasteiger partial charge in [-0.15, -0.1) is 0 Å². The molecule has 2 heterocycles. The minimum absolute atomic E-state index is 0.00609. The van der Waals surface area contributed by atoms with Crippen molar-refractivity contribution in [2.75, 3.05) is 23.5 Å². The molecule has 3 aliphatic rings. The van der Waals surface area contributed by atoms with Crippen molar-refractivity contribution in [1.29, 1.82) is 0 Å². The maximum absolute atomic E-state index is 12.8. The van der Waals surface area contributed by atoms with Crippen LogP contribution in [0.25, 0.3) is 0 Å². The van der Waals surface area contributed by atoms with E-state index in [2.05, 4.69) is 0 Å². The third kappa shape index (κ3) is 4.27. The molecule has 0 aromatic heterocycles. The van der Waals surface area contributed by atoms with Gasteiger partial charge < -0.3 is 14.4 Å². The predicted octanol–water partition coefficient (Wildman–Crippen LogP) is 3.99. The number of imide groups is 1. The van der Waals surface area contributed by atoms with Crippen LogP contribution in [0, 0.1) is 17.8 Å². The van der Waals surface area contributed by atoms with Crippen LogP contribution >= 0.6 is 11.6 Å². The van der Waals surface area contributed by atoms with Gasteiger partial charge >= 0.3 is 5.97 Å². The lowest BCUT2D eigenvalue weighted by Crippen LogP contribution is -2.30. The predicted molar refractivity (Wildman–Crippen MR) is 128 cm³/mol. The van der Waals surface area contributed by atoms with Gasteiger partial charge in [0.05, 0.1) is 36.2 Å². The lowest BCUT2D eigenvalue weighted by molar-refractivity contribution is -0.139. The molecule has 35 heavy (non-hydrogen) atoms. The third-order valence-electron chi connectivity index (χ3n) is 7.04. The number of hydrogen-bond acceptors (Lipinski definition) is 6. The average molecular weight is 497 g/mol. The number of rotatable bonds is 5. The van der Waals surface area contributed by atoms with Crippen LogP contribution in [0.5, 0.6) is 11.5 Å². The molecule has 1 saturated carbocycles. The SMILES string of the molecule is COc1ccc(Cl)cc1N1C[C@H](C(=O)Oc2ccc(N3C(=O)[C@@H]4CCCC[C@H]4C3=O)cc2)CC1=O. The number of esters is 1. The first-order valence-corrected chi connectivity index (χ1v) is 12.1. The third-order valence-corrected chi connectivity index (χ3v) is 7.28. The van der Waals surface area contributed by atoms with Crippen molar-refractivity contribution in [1.82, 2.24) is 0 Å². The highest BCUT2D eigenvalue weighted by Gasteiger charge is 2.48. The van der Waals surface area contributed by atoms with Crippen molar-refractivity contribution in [3.63, 3.8) is 0 Å². The van der Waals surface area contributed by atoms with Gasteiger partial charge in [0.2, 0.25) is 17.7 Å². The minimum atomic E-state index is -0.657. The standard InChI is InChI=1S/C26H25ClN2O6/c1-34-22-11-6-16(27)13-21(22)28-14-15(12-23(28)30)26(33)35-18-9-7-17(8-10-18)29-24(31)19-4-2-3-5-20(19)25(29)32/h6-11,13,15,19-20H,2-5,12,14H2,1H3/t15-,19-,20-/m1/s1. The zero-order valence-electron chi connectivity index (χ0n) is 19.2. The highest BCUT2D eigenvalue weighted by Crippen LogP contribution is 2.40. The van der Waals surface area contributed by atoms with Gasteiger partial charge in [-0.1, -0.05) is 24.4 Å². The molecular weight excluding hydrogens is 472 g/mol. The summed E-state index contributed by atoms with van der Waals surface area (Å²) in [5.74, 6) is -1.40. The number of anilines is 2. The maximum Gasteiger partial charge on any atom is 0.316 e. The second-order valence-corrected chi connectivity index (χ2v) is 9.58. The molecule has 2 aliphatic heterocycles. The van der Waals surface area contributed by atoms with Gasteiger partial charge in [0.15, 0.2) is 0 Å². The van der Waals surface area contributed by atoms with E-state index in [0.29, 0.717) is 22.1 Å². The molecular formula is C26H25ClN2O6. The van der Waals surface area contributed by atoms with Crippen LogP contribution in [0.15, 0.2) is 42.5 Å². The van der Waals surface area contributed by atoms with Gasteiger partial charge in [-0.3, -0.25) is 24.1 Å². The van der Waals surface area contributed by atoms with E-state index in [1.165, 1.54) is 16.9 Å². The summed E-state index contributed by atoms with van der Waals surface area (Å²) >= 11 is 6.09. The van der Waals surface area contributed by atoms with E-state index in [-0.39, 0.29) is 48.3 Å². The van der Waals surface area contributed by atoms with Gasteiger partial charge in [-0.2, -0.15) is 0 Å². The number of ether oxygens (including phenoxy) is 2. The lowest BCUT2D eigenvalue weighted by Gasteiger charge is -2.19. The van der Waals surface area contributed by atoms with Crippen LogP contribution in [-0.4, -0.2) is 37.3 Å². The lowest BCUT2D eigenvalue weighted by atomic mass is 9.81. The van der Waals surface area contributed by atoms with Crippen LogP contribution in [-0.2, 0) is 19.2 Å². The fourth-order valence-corrected chi connectivity index (χ4v) is 5.42. The Morgan fingerprint density at radius 1 is 0.971 bits per heavy atom. The number of nitrogens with zero attached hydrogens (tertiary/aromatic N) is 2. The maximum atomic E-state index is 12.8. The molecule has 3 fully saturated rings. The van der Waals surface area contributed by atoms with E-state index < -0.39 is 11.9 Å². The molecule has 2 aromatic rings. The van der Waals surface area contributed by atoms with Gasteiger partial charge in [0, 0.05) is 18.0 Å². The zero-order chi connectivity index (χ0) is 24.7. The van der Waals surface area contributed by atoms with Crippen molar-refractivity contribution >= 4 is 46.7 Å². The van der Waals surface area contributed by atoms with Crippen molar-refractivity contribution in [2.24, 2.45) is 17.8 Å². The summed E-state index contributed by atoms with van der Waals surface area (Å²) in [6.07, 6.45) is 3.44. The largest absolute Gasteiger partial charge is 0.495 e. The Labute approximate surface area is 207 Å². The van der Waals surface area contributed by atoms with Gasteiger partial charge in [-0.05, 0) is 55.3 Å². The first-order chi connectivity index (χ1) is 16.9. The fraction of sp³-hybridized carbons (Fsp3) is 0.385. The number of amides is 3. The van der Waals surface area contributed by atoms with E-state index in [0.717, 1.165) is 25.7 Å². The second-order valence-electron chi connectivity index (χ2n) is 9.15. The monoisotopic (exact) mass is 496 g/mol. The normalized spacial score (nSPS) is 24.1. The summed E-state index contributed by atoms with van der Waals surface area (Å²) in [7, 11) is 1.50. The molecule has 3 amide bonds. The number of carbonyl (C=O) groups excluding carboxylic acids is 4. The fourth-order valence-electron chi connectivity index (χ4n) is 5.25. The molecule has 8 nitrogen and oxygen atoms in total. The Morgan fingerprint density at radius 2 is 1.63 bits per heavy atom. The van der Waals surface area contributed by atoms with Gasteiger partial charge in [0.1, 0.15) is 11.5 Å². The Kier molecular flexibility index (Phi) is 6.23. The topological polar surface area (TPSA) is 93.2 Å². The summed E-state index contributed by atoms with van der Waals surface area (Å²) in [5, 5.41) is 0.453. The molecule has 1 aliphatic carbocycles. The Morgan fingerprint density at radius 3 is 2.26 bits per heavy atom. The van der Waals surface area contributed by atoms with Crippen LogP contribution in [0.1, 0.15) is 32.1 Å². The zero-order valence-corrected chi connectivity index (χ0v) is 20.0. The Bertz CT molecular complexity index is 1170. The summed E-state index contributed by atoms with van der Waals surface area (Å²) < 4.78 is 10.8. The van der Waals surface area contributed by atoms with Crippen LogP contribution < -0.4 is 19.3 Å². The number of halogens is 1. The van der Waals surface area contributed by atoms with Crippen LogP contribution in [0.2, 0.25) is 5.02 Å². The number of carbonyl (C=O) groups is 4. The molecule has 9 heteroatoms. The van der Waals surface area contributed by atoms with Crippen molar-refractivity contribution < 1.29 is 28.7 Å². The molecule has 0 N–H and O–H groups in total. The number of hydrogen-bond donors (Lipinski definition) is 0. The second kappa shape index (κ2) is 9.34. The molecule has 0 radical (unpaired) electrons. The Balaban J connectivity index is 1.26. The van der Waals surface area contributed by atoms with E-state index >= 15 is 0 Å². The van der Waals surface area contributed by atoms with Crippen molar-refractivity contribution in [3.8, 4) is 11.5 Å². The molecule has 2 saturated heterocycles. The van der Waals surface area contributed by atoms with Crippen molar-refractivity contribution in [2.45, 2.75) is 32.1 Å². The van der Waals surface area contributed by atoms with E-state index in [1.54, 1.807) is 42.5 Å². The summed E-state index contributed by atoms with van der Waals surface area (Å²) in [6.45, 7) is 0.145. The van der Waals surface area contributed by atoms with Gasteiger partial charge in [0.25, 0.3) is 0 Å². The Hall–Kier alpha value is -3.39. The van der Waals surface area contributed by atoms with E-state index in [1.807, 2.05) is 0 Å². The van der Waals surface area contributed by atoms with Crippen LogP contribution in [0.4, 0.5) is 11.4 Å². The first kappa shape index (κ1) is 23.4. The highest BCUT2D eigenvalue weighted by atomic mass is 35.5. The van der Waals surface area contributed by atoms with E-state index in [9.17, 15) is 19.2 Å². The number of fused-ring (bicyclic) bond motifs is 1. The number of benzene rings is 2.